The first-order valence-corrected chi connectivity index (χ1v) is 8.74. The molecule has 0 amide bonds. The molecule has 1 aromatic carbocycles. The van der Waals surface area contributed by atoms with Gasteiger partial charge < -0.3 is 8.83 Å². The maximum atomic E-state index is 6.27. The van der Waals surface area contributed by atoms with Crippen molar-refractivity contribution < 1.29 is 8.83 Å². The van der Waals surface area contributed by atoms with Gasteiger partial charge in [0.1, 0.15) is 4.33 Å². The largest absolute Gasteiger partial charge is 0.459 e. The summed E-state index contributed by atoms with van der Waals surface area (Å²) in [7, 11) is 0. The fourth-order valence-electron chi connectivity index (χ4n) is 2.45. The van der Waals surface area contributed by atoms with Crippen LogP contribution in [0.5, 0.6) is 0 Å². The van der Waals surface area contributed by atoms with Gasteiger partial charge in [-0.25, -0.2) is 0 Å². The second-order valence-corrected chi connectivity index (χ2v) is 8.01. The second kappa shape index (κ2) is 5.89. The number of halogens is 2. The van der Waals surface area contributed by atoms with Crippen LogP contribution in [0, 0.1) is 5.92 Å². The molecule has 1 fully saturated rings. The number of benzene rings is 1. The maximum absolute atomic E-state index is 6.27. The predicted molar refractivity (Wildman–Crippen MR) is 89.6 cm³/mol. The molecule has 0 radical (unpaired) electrons. The van der Waals surface area contributed by atoms with Crippen LogP contribution in [0.4, 0.5) is 0 Å². The number of hydrogen-bond acceptors (Lipinski definition) is 5. The molecule has 4 nitrogen and oxygen atoms in total. The molecule has 2 unspecified atom stereocenters. The van der Waals surface area contributed by atoms with Gasteiger partial charge in [-0.2, -0.15) is 0 Å². The van der Waals surface area contributed by atoms with E-state index in [0.717, 1.165) is 12.0 Å². The van der Waals surface area contributed by atoms with Crippen molar-refractivity contribution in [3.63, 3.8) is 0 Å². The van der Waals surface area contributed by atoms with Gasteiger partial charge >= 0.3 is 0 Å². The first kappa shape index (κ1) is 15.1. The first-order valence-electron chi connectivity index (χ1n) is 7.10. The van der Waals surface area contributed by atoms with Crippen LogP contribution in [0.25, 0.3) is 11.7 Å². The zero-order chi connectivity index (χ0) is 15.9. The Hall–Kier alpha value is -1.43. The van der Waals surface area contributed by atoms with E-state index in [0.29, 0.717) is 16.9 Å². The Morgan fingerprint density at radius 1 is 1.13 bits per heavy atom. The van der Waals surface area contributed by atoms with E-state index in [1.54, 1.807) is 18.4 Å². The van der Waals surface area contributed by atoms with Crippen LogP contribution in [-0.4, -0.2) is 14.5 Å². The van der Waals surface area contributed by atoms with Gasteiger partial charge in [-0.1, -0.05) is 42.1 Å². The van der Waals surface area contributed by atoms with Crippen LogP contribution in [-0.2, 0) is 0 Å². The minimum atomic E-state index is -0.683. The van der Waals surface area contributed by atoms with Crippen molar-refractivity contribution in [3.05, 3.63) is 54.3 Å². The molecule has 1 aliphatic rings. The smallest absolute Gasteiger partial charge is 0.284 e. The Balaban J connectivity index is 1.59. The summed E-state index contributed by atoms with van der Waals surface area (Å²) in [5, 5.41) is 8.66. The molecule has 4 rings (SSSR count). The lowest BCUT2D eigenvalue weighted by atomic mass is 10.1. The number of nitrogens with zero attached hydrogens (tertiary/aromatic N) is 2. The highest BCUT2D eigenvalue weighted by atomic mass is 35.5. The van der Waals surface area contributed by atoms with Gasteiger partial charge in [-0.3, -0.25) is 0 Å². The Bertz CT molecular complexity index is 790. The van der Waals surface area contributed by atoms with Crippen molar-refractivity contribution in [2.75, 3.05) is 0 Å². The molecule has 3 aromatic rings. The Morgan fingerprint density at radius 2 is 1.91 bits per heavy atom. The van der Waals surface area contributed by atoms with Gasteiger partial charge in [0.15, 0.2) is 5.76 Å². The first-order chi connectivity index (χ1) is 11.1. The van der Waals surface area contributed by atoms with Crippen molar-refractivity contribution in [2.24, 2.45) is 5.92 Å². The zero-order valence-corrected chi connectivity index (χ0v) is 14.2. The molecular weight excluding hydrogens is 355 g/mol. The van der Waals surface area contributed by atoms with Crippen molar-refractivity contribution in [1.29, 1.82) is 0 Å². The van der Waals surface area contributed by atoms with Crippen molar-refractivity contribution in [3.8, 4) is 11.7 Å². The topological polar surface area (TPSA) is 52.1 Å². The molecule has 1 saturated carbocycles. The Morgan fingerprint density at radius 3 is 2.57 bits per heavy atom. The van der Waals surface area contributed by atoms with Crippen LogP contribution < -0.4 is 0 Å². The van der Waals surface area contributed by atoms with E-state index in [-0.39, 0.29) is 11.2 Å². The molecule has 0 bridgehead atoms. The van der Waals surface area contributed by atoms with Gasteiger partial charge in [0.2, 0.25) is 0 Å². The summed E-state index contributed by atoms with van der Waals surface area (Å²) in [5.41, 5.74) is 1.14. The van der Waals surface area contributed by atoms with Gasteiger partial charge in [-0.05, 0) is 24.1 Å². The average Bonchev–Trinajstić information content (AvgIpc) is 3.01. The molecule has 7 heteroatoms. The molecule has 0 N–H and O–H groups in total. The third-order valence-corrected chi connectivity index (χ3v) is 5.82. The Kier molecular flexibility index (Phi) is 3.87. The van der Waals surface area contributed by atoms with Crippen molar-refractivity contribution >= 4 is 35.0 Å². The monoisotopic (exact) mass is 366 g/mol. The van der Waals surface area contributed by atoms with E-state index >= 15 is 0 Å². The lowest BCUT2D eigenvalue weighted by Crippen LogP contribution is -2.02. The highest BCUT2D eigenvalue weighted by Gasteiger charge is 2.56. The zero-order valence-electron chi connectivity index (χ0n) is 11.9. The number of aromatic nitrogens is 2. The van der Waals surface area contributed by atoms with Crippen molar-refractivity contribution in [2.45, 2.75) is 21.2 Å². The van der Waals surface area contributed by atoms with Gasteiger partial charge in [0.25, 0.3) is 11.1 Å². The highest BCUT2D eigenvalue weighted by molar-refractivity contribution is 7.99. The van der Waals surface area contributed by atoms with E-state index in [2.05, 4.69) is 22.3 Å². The molecule has 0 spiro atoms. The minimum Gasteiger partial charge on any atom is -0.459 e. The quantitative estimate of drug-likeness (QED) is 0.449. The number of alkyl halides is 2. The van der Waals surface area contributed by atoms with Gasteiger partial charge in [0.05, 0.1) is 6.26 Å². The van der Waals surface area contributed by atoms with Crippen LogP contribution in [0.3, 0.4) is 0 Å². The van der Waals surface area contributed by atoms with Crippen molar-refractivity contribution in [1.82, 2.24) is 10.2 Å². The molecular formula is C16H12Cl2N2O2S. The standard InChI is InChI=1S/C16H12Cl2N2O2S/c17-16(18)9-11(16)13(10-5-2-1-3-6-10)23-15-20-19-14(22-15)12-7-4-8-21-12/h1-8,11,13H,9H2. The van der Waals surface area contributed by atoms with Crippen LogP contribution in [0.15, 0.2) is 62.8 Å². The Labute approximate surface area is 147 Å². The molecule has 23 heavy (non-hydrogen) atoms. The van der Waals surface area contributed by atoms with E-state index in [9.17, 15) is 0 Å². The summed E-state index contributed by atoms with van der Waals surface area (Å²) in [4.78, 5) is 0. The van der Waals surface area contributed by atoms with Gasteiger partial charge in [-0.15, -0.1) is 33.4 Å². The molecule has 2 heterocycles. The van der Waals surface area contributed by atoms with Gasteiger partial charge in [0, 0.05) is 11.2 Å². The summed E-state index contributed by atoms with van der Waals surface area (Å²) >= 11 is 14.0. The molecule has 0 aliphatic heterocycles. The number of rotatable bonds is 5. The molecule has 2 atom stereocenters. The van der Waals surface area contributed by atoms with Crippen LogP contribution >= 0.6 is 35.0 Å². The number of furan rings is 1. The van der Waals surface area contributed by atoms with Crippen LogP contribution in [0.1, 0.15) is 17.2 Å². The molecule has 2 aromatic heterocycles. The van der Waals surface area contributed by atoms with E-state index in [4.69, 9.17) is 32.0 Å². The summed E-state index contributed by atoms with van der Waals surface area (Å²) in [6.45, 7) is 0. The summed E-state index contributed by atoms with van der Waals surface area (Å²) in [5.74, 6) is 1.07. The summed E-state index contributed by atoms with van der Waals surface area (Å²) < 4.78 is 10.3. The number of thioether (sulfide) groups is 1. The fourth-order valence-corrected chi connectivity index (χ4v) is 4.41. The van der Waals surface area contributed by atoms with E-state index < -0.39 is 4.33 Å². The minimum absolute atomic E-state index is 0.0658. The maximum Gasteiger partial charge on any atom is 0.284 e. The SMILES string of the molecule is ClC1(Cl)CC1C(Sc1nnc(-c2ccco2)o1)c1ccccc1. The highest BCUT2D eigenvalue weighted by Crippen LogP contribution is 2.63. The summed E-state index contributed by atoms with van der Waals surface area (Å²) in [6, 6.07) is 13.6. The molecule has 1 aliphatic carbocycles. The number of hydrogen-bond donors (Lipinski definition) is 0. The van der Waals surface area contributed by atoms with Crippen LogP contribution in [0.2, 0.25) is 0 Å². The molecule has 118 valence electrons. The lowest BCUT2D eigenvalue weighted by Gasteiger charge is -2.15. The second-order valence-electron chi connectivity index (χ2n) is 5.37. The van der Waals surface area contributed by atoms with E-state index in [1.165, 1.54) is 11.8 Å². The average molecular weight is 367 g/mol. The lowest BCUT2D eigenvalue weighted by molar-refractivity contribution is 0.446. The normalized spacial score (nSPS) is 20.3. The third kappa shape index (κ3) is 3.13. The predicted octanol–water partition coefficient (Wildman–Crippen LogP) is 5.36. The molecule has 0 saturated heterocycles. The summed E-state index contributed by atoms with van der Waals surface area (Å²) in [6.07, 6.45) is 2.32. The van der Waals surface area contributed by atoms with E-state index in [1.807, 2.05) is 18.2 Å². The fraction of sp³-hybridized carbons (Fsp3) is 0.250. The third-order valence-electron chi connectivity index (χ3n) is 3.73.